The molecule has 8 nitrogen and oxygen atoms in total. The van der Waals surface area contributed by atoms with Crippen LogP contribution < -0.4 is 21.3 Å². The first-order valence-electron chi connectivity index (χ1n) is 10.5. The Morgan fingerprint density at radius 3 is 2.52 bits per heavy atom. The molecule has 8 heteroatoms. The molecule has 5 rings (SSSR count). The van der Waals surface area contributed by atoms with Crippen molar-refractivity contribution in [2.24, 2.45) is 5.41 Å². The minimum atomic E-state index is -0.712. The van der Waals surface area contributed by atoms with Gasteiger partial charge in [-0.3, -0.25) is 19.5 Å². The molecule has 3 aliphatic rings. The van der Waals surface area contributed by atoms with Crippen LogP contribution in [0.25, 0.3) is 11.1 Å². The molecular weight excluding hydrogens is 372 g/mol. The van der Waals surface area contributed by atoms with Gasteiger partial charge in [-0.25, -0.2) is 4.79 Å². The lowest BCUT2D eigenvalue weighted by molar-refractivity contribution is -0.135. The van der Waals surface area contributed by atoms with Crippen molar-refractivity contribution < 1.29 is 14.0 Å². The maximum Gasteiger partial charge on any atom is 0.420 e. The highest BCUT2D eigenvalue weighted by Crippen LogP contribution is 2.41. The summed E-state index contributed by atoms with van der Waals surface area (Å²) >= 11 is 0. The maximum absolute atomic E-state index is 12.6. The van der Waals surface area contributed by atoms with Gasteiger partial charge in [0.2, 0.25) is 11.8 Å². The summed E-state index contributed by atoms with van der Waals surface area (Å²) in [7, 11) is 0. The molecule has 0 bridgehead atoms. The van der Waals surface area contributed by atoms with E-state index in [1.165, 1.54) is 17.4 Å². The number of benzene rings is 1. The molecule has 154 valence electrons. The molecule has 1 atom stereocenters. The molecule has 2 aromatic rings. The normalized spacial score (nSPS) is 24.8. The molecular formula is C21H26N4O4. The molecule has 2 N–H and O–H groups in total. The van der Waals surface area contributed by atoms with Crippen LogP contribution in [-0.4, -0.2) is 42.6 Å². The number of anilines is 1. The summed E-state index contributed by atoms with van der Waals surface area (Å²) in [6.45, 7) is 4.07. The monoisotopic (exact) mass is 398 g/mol. The van der Waals surface area contributed by atoms with Crippen LogP contribution in [0.4, 0.5) is 5.69 Å². The number of carbonyl (C=O) groups excluding carboxylic acids is 2. The van der Waals surface area contributed by atoms with Gasteiger partial charge >= 0.3 is 5.76 Å². The van der Waals surface area contributed by atoms with Gasteiger partial charge in [-0.05, 0) is 62.7 Å². The molecule has 1 aromatic heterocycles. The summed E-state index contributed by atoms with van der Waals surface area (Å²) in [4.78, 5) is 38.7. The minimum Gasteiger partial charge on any atom is -0.405 e. The molecule has 29 heavy (non-hydrogen) atoms. The second-order valence-corrected chi connectivity index (χ2v) is 8.57. The average Bonchev–Trinajstić information content (AvgIpc) is 3.05. The zero-order valence-electron chi connectivity index (χ0n) is 16.4. The number of oxazole rings is 1. The highest BCUT2D eigenvalue weighted by molar-refractivity contribution is 6.00. The van der Waals surface area contributed by atoms with E-state index in [1.54, 1.807) is 0 Å². The van der Waals surface area contributed by atoms with Gasteiger partial charge in [0.25, 0.3) is 0 Å². The summed E-state index contributed by atoms with van der Waals surface area (Å²) in [5, 5.41) is 5.78. The highest BCUT2D eigenvalue weighted by Gasteiger charge is 2.37. The first kappa shape index (κ1) is 18.4. The van der Waals surface area contributed by atoms with Crippen molar-refractivity contribution in [2.75, 3.05) is 31.1 Å². The number of hydrogen-bond donors (Lipinski definition) is 2. The predicted molar refractivity (Wildman–Crippen MR) is 108 cm³/mol. The van der Waals surface area contributed by atoms with Crippen molar-refractivity contribution >= 4 is 28.6 Å². The van der Waals surface area contributed by atoms with E-state index in [-0.39, 0.29) is 12.3 Å². The van der Waals surface area contributed by atoms with Crippen molar-refractivity contribution in [1.29, 1.82) is 0 Å². The second-order valence-electron chi connectivity index (χ2n) is 8.57. The van der Waals surface area contributed by atoms with Gasteiger partial charge in [-0.15, -0.1) is 0 Å². The predicted octanol–water partition coefficient (Wildman–Crippen LogP) is 1.54. The number of imide groups is 1. The number of rotatable bonds is 2. The largest absolute Gasteiger partial charge is 0.420 e. The first-order valence-corrected chi connectivity index (χ1v) is 10.5. The third-order valence-electron chi connectivity index (χ3n) is 6.97. The third kappa shape index (κ3) is 3.15. The van der Waals surface area contributed by atoms with E-state index in [4.69, 9.17) is 4.42 Å². The van der Waals surface area contributed by atoms with Crippen molar-refractivity contribution in [3.8, 4) is 0 Å². The lowest BCUT2D eigenvalue weighted by Gasteiger charge is -2.45. The topological polar surface area (TPSA) is 96.6 Å². The standard InChI is InChI=1S/C21H26N4O4/c26-17-5-4-16(19(27)23-17)25-15-3-1-2-14(18(15)29-20(25)28)24-12-8-21(9-13-24)6-10-22-11-7-21/h1-3,16,22H,4-13H2,(H,23,26,27). The van der Waals surface area contributed by atoms with E-state index < -0.39 is 17.7 Å². The lowest BCUT2D eigenvalue weighted by Crippen LogP contribution is -2.45. The Bertz CT molecular complexity index is 1010. The first-order chi connectivity index (χ1) is 14.1. The number of nitrogens with zero attached hydrogens (tertiary/aromatic N) is 2. The molecule has 1 unspecified atom stereocenters. The van der Waals surface area contributed by atoms with E-state index >= 15 is 0 Å². The van der Waals surface area contributed by atoms with Crippen LogP contribution in [0.15, 0.2) is 27.4 Å². The summed E-state index contributed by atoms with van der Waals surface area (Å²) in [6.07, 6.45) is 5.27. The van der Waals surface area contributed by atoms with Gasteiger partial charge in [0.15, 0.2) is 5.58 Å². The van der Waals surface area contributed by atoms with Gasteiger partial charge in [0.1, 0.15) is 6.04 Å². The summed E-state index contributed by atoms with van der Waals surface area (Å²) in [6, 6.07) is 4.99. The Kier molecular flexibility index (Phi) is 4.46. The Morgan fingerprint density at radius 1 is 1.03 bits per heavy atom. The fourth-order valence-electron chi connectivity index (χ4n) is 5.19. The van der Waals surface area contributed by atoms with Gasteiger partial charge < -0.3 is 14.6 Å². The van der Waals surface area contributed by atoms with E-state index in [0.29, 0.717) is 22.9 Å². The fraction of sp³-hybridized carbons (Fsp3) is 0.571. The van der Waals surface area contributed by atoms with E-state index in [2.05, 4.69) is 15.5 Å². The Hall–Kier alpha value is -2.61. The average molecular weight is 398 g/mol. The Labute approximate surface area is 168 Å². The van der Waals surface area contributed by atoms with Gasteiger partial charge in [0.05, 0.1) is 11.2 Å². The van der Waals surface area contributed by atoms with Crippen LogP contribution in [0, 0.1) is 5.41 Å². The number of nitrogens with one attached hydrogen (secondary N) is 2. The molecule has 3 fully saturated rings. The fourth-order valence-corrected chi connectivity index (χ4v) is 5.19. The number of carbonyl (C=O) groups is 2. The maximum atomic E-state index is 12.6. The van der Waals surface area contributed by atoms with Gasteiger partial charge in [-0.2, -0.15) is 0 Å². The molecule has 0 saturated carbocycles. The molecule has 0 radical (unpaired) electrons. The Balaban J connectivity index is 1.45. The number of hydrogen-bond acceptors (Lipinski definition) is 6. The minimum absolute atomic E-state index is 0.221. The number of fused-ring (bicyclic) bond motifs is 1. The van der Waals surface area contributed by atoms with Crippen molar-refractivity contribution in [1.82, 2.24) is 15.2 Å². The third-order valence-corrected chi connectivity index (χ3v) is 6.97. The molecule has 3 saturated heterocycles. The molecule has 0 aliphatic carbocycles. The van der Waals surface area contributed by atoms with Crippen LogP contribution in [0.3, 0.4) is 0 Å². The summed E-state index contributed by atoms with van der Waals surface area (Å²) < 4.78 is 7.04. The highest BCUT2D eigenvalue weighted by atomic mass is 16.4. The number of para-hydroxylation sites is 1. The van der Waals surface area contributed by atoms with Crippen LogP contribution in [-0.2, 0) is 9.59 Å². The van der Waals surface area contributed by atoms with Crippen LogP contribution >= 0.6 is 0 Å². The molecule has 4 heterocycles. The molecule has 1 spiro atoms. The van der Waals surface area contributed by atoms with E-state index in [1.807, 2.05) is 18.2 Å². The molecule has 2 amide bonds. The number of aromatic nitrogens is 1. The smallest absolute Gasteiger partial charge is 0.405 e. The quantitative estimate of drug-likeness (QED) is 0.745. The summed E-state index contributed by atoms with van der Waals surface area (Å²) in [5.41, 5.74) is 2.50. The van der Waals surface area contributed by atoms with E-state index in [9.17, 15) is 14.4 Å². The van der Waals surface area contributed by atoms with Crippen LogP contribution in [0.1, 0.15) is 44.6 Å². The van der Waals surface area contributed by atoms with E-state index in [0.717, 1.165) is 44.7 Å². The number of piperidine rings is 3. The van der Waals surface area contributed by atoms with Crippen LogP contribution in [0.5, 0.6) is 0 Å². The molecule has 3 aliphatic heterocycles. The summed E-state index contributed by atoms with van der Waals surface area (Å²) in [5.74, 6) is -1.29. The zero-order chi connectivity index (χ0) is 20.0. The Morgan fingerprint density at radius 2 is 1.79 bits per heavy atom. The second kappa shape index (κ2) is 7.02. The van der Waals surface area contributed by atoms with Crippen molar-refractivity contribution in [3.05, 3.63) is 28.7 Å². The van der Waals surface area contributed by atoms with Crippen molar-refractivity contribution in [3.63, 3.8) is 0 Å². The zero-order valence-corrected chi connectivity index (χ0v) is 16.4. The van der Waals surface area contributed by atoms with Gasteiger partial charge in [0, 0.05) is 19.5 Å². The molecule has 1 aromatic carbocycles. The van der Waals surface area contributed by atoms with Crippen LogP contribution in [0.2, 0.25) is 0 Å². The lowest BCUT2D eigenvalue weighted by atomic mass is 9.71. The SMILES string of the molecule is O=C1CCC(n2c(=O)oc3c(N4CCC5(CCNCC5)CC4)cccc32)C(=O)N1. The van der Waals surface area contributed by atoms with Crippen molar-refractivity contribution in [2.45, 2.75) is 44.6 Å². The number of amides is 2. The van der Waals surface area contributed by atoms with Gasteiger partial charge in [-0.1, -0.05) is 6.07 Å².